The molecule has 2 rings (SSSR count). The lowest BCUT2D eigenvalue weighted by Gasteiger charge is -2.23. The number of aliphatic hydroxyl groups excluding tert-OH is 1. The molecular formula is C40H67N6O15P. The van der Waals surface area contributed by atoms with Crippen molar-refractivity contribution in [3.05, 3.63) is 29.7 Å². The number of amides is 3. The van der Waals surface area contributed by atoms with Crippen LogP contribution < -0.4 is 21.7 Å². The average Bonchev–Trinajstić information content (AvgIpc) is 3.84. The van der Waals surface area contributed by atoms with Crippen molar-refractivity contribution in [2.24, 2.45) is 5.73 Å². The van der Waals surface area contributed by atoms with Gasteiger partial charge in [0.1, 0.15) is 24.8 Å². The fourth-order valence-electron chi connectivity index (χ4n) is 6.49. The summed E-state index contributed by atoms with van der Waals surface area (Å²) >= 11 is 0. The molecule has 0 aliphatic carbocycles. The van der Waals surface area contributed by atoms with Crippen molar-refractivity contribution < 1.29 is 72.1 Å². The SMILES string of the molecule is CCCCCCCCCCCCCCCCOC(COC(=O)CCC(=O)NCC(=O)NC(Cc1cnc[nH]1)C(=O)NC(CCCCN)C(=O)O)C1OC(=O)C(OP(=O)(O)O)=C1O. The molecule has 0 bridgehead atoms. The van der Waals surface area contributed by atoms with Gasteiger partial charge in [0.2, 0.25) is 17.7 Å². The van der Waals surface area contributed by atoms with E-state index >= 15 is 0 Å². The van der Waals surface area contributed by atoms with Crippen LogP contribution in [-0.4, -0.2) is 116 Å². The molecule has 62 heavy (non-hydrogen) atoms. The van der Waals surface area contributed by atoms with Crippen LogP contribution in [0.4, 0.5) is 0 Å². The summed E-state index contributed by atoms with van der Waals surface area (Å²) in [4.78, 5) is 100. The molecule has 21 nitrogen and oxygen atoms in total. The largest absolute Gasteiger partial charge is 0.525 e. The first-order valence-electron chi connectivity index (χ1n) is 21.6. The van der Waals surface area contributed by atoms with Crippen LogP contribution in [0, 0.1) is 0 Å². The molecular weight excluding hydrogens is 835 g/mol. The van der Waals surface area contributed by atoms with Gasteiger partial charge in [0.05, 0.1) is 19.3 Å². The number of hydrogen-bond donors (Lipinski definition) is 9. The van der Waals surface area contributed by atoms with Gasteiger partial charge in [-0.15, -0.1) is 0 Å². The molecule has 2 heterocycles. The van der Waals surface area contributed by atoms with Gasteiger partial charge in [0.25, 0.3) is 5.76 Å². The van der Waals surface area contributed by atoms with Crippen LogP contribution in [0.2, 0.25) is 0 Å². The Morgan fingerprint density at radius 2 is 1.52 bits per heavy atom. The van der Waals surface area contributed by atoms with E-state index in [0.717, 1.165) is 25.7 Å². The number of cyclic esters (lactones) is 1. The highest BCUT2D eigenvalue weighted by Crippen LogP contribution is 2.42. The zero-order valence-corrected chi connectivity index (χ0v) is 36.6. The van der Waals surface area contributed by atoms with Crippen LogP contribution in [0.3, 0.4) is 0 Å². The molecule has 4 atom stereocenters. The number of carbonyl (C=O) groups excluding carboxylic acids is 5. The van der Waals surface area contributed by atoms with Crippen LogP contribution in [0.15, 0.2) is 24.0 Å². The van der Waals surface area contributed by atoms with Crippen LogP contribution in [0.5, 0.6) is 0 Å². The van der Waals surface area contributed by atoms with Gasteiger partial charge in [-0.3, -0.25) is 29.0 Å². The molecule has 22 heteroatoms. The van der Waals surface area contributed by atoms with Gasteiger partial charge in [-0.25, -0.2) is 19.1 Å². The van der Waals surface area contributed by atoms with Crippen molar-refractivity contribution in [3.63, 3.8) is 0 Å². The first kappa shape index (κ1) is 53.6. The van der Waals surface area contributed by atoms with Crippen LogP contribution in [0.25, 0.3) is 0 Å². The number of imidazole rings is 1. The molecule has 0 radical (unpaired) electrons. The average molecular weight is 903 g/mol. The zero-order valence-electron chi connectivity index (χ0n) is 35.7. The fourth-order valence-corrected chi connectivity index (χ4v) is 6.90. The molecule has 1 aliphatic rings. The minimum Gasteiger partial charge on any atom is -0.505 e. The number of carboxylic acid groups (broad SMARTS) is 1. The summed E-state index contributed by atoms with van der Waals surface area (Å²) in [5, 5.41) is 27.4. The van der Waals surface area contributed by atoms with Gasteiger partial charge in [-0.1, -0.05) is 90.4 Å². The predicted molar refractivity (Wildman–Crippen MR) is 223 cm³/mol. The Morgan fingerprint density at radius 3 is 2.08 bits per heavy atom. The molecule has 0 saturated carbocycles. The summed E-state index contributed by atoms with van der Waals surface area (Å²) in [7, 11) is -5.25. The van der Waals surface area contributed by atoms with Crippen molar-refractivity contribution in [1.29, 1.82) is 0 Å². The smallest absolute Gasteiger partial charge is 0.505 e. The van der Waals surface area contributed by atoms with Gasteiger partial charge in [-0.2, -0.15) is 0 Å². The molecule has 352 valence electrons. The number of esters is 2. The van der Waals surface area contributed by atoms with Crippen molar-refractivity contribution in [1.82, 2.24) is 25.9 Å². The van der Waals surface area contributed by atoms with Crippen LogP contribution in [-0.2, 0) is 58.5 Å². The number of aliphatic hydroxyl groups is 1. The van der Waals surface area contributed by atoms with E-state index in [1.807, 2.05) is 0 Å². The lowest BCUT2D eigenvalue weighted by atomic mass is 10.0. The van der Waals surface area contributed by atoms with Crippen LogP contribution >= 0.6 is 7.82 Å². The fraction of sp³-hybridized carbons (Fsp3) is 0.725. The highest BCUT2D eigenvalue weighted by atomic mass is 31.2. The Morgan fingerprint density at radius 1 is 0.887 bits per heavy atom. The molecule has 0 aromatic carbocycles. The molecule has 3 amide bonds. The summed E-state index contributed by atoms with van der Waals surface area (Å²) in [6.45, 7) is 1.50. The topological polar surface area (TPSA) is 328 Å². The predicted octanol–water partition coefficient (Wildman–Crippen LogP) is 3.25. The van der Waals surface area contributed by atoms with E-state index in [-0.39, 0.29) is 19.4 Å². The number of phosphoric ester groups is 1. The first-order chi connectivity index (χ1) is 29.6. The maximum Gasteiger partial charge on any atom is 0.525 e. The molecule has 0 saturated heterocycles. The van der Waals surface area contributed by atoms with Gasteiger partial charge in [0.15, 0.2) is 11.9 Å². The Labute approximate surface area is 362 Å². The number of aliphatic carboxylic acids is 1. The Bertz CT molecular complexity index is 1610. The van der Waals surface area contributed by atoms with Gasteiger partial charge in [0, 0.05) is 31.3 Å². The van der Waals surface area contributed by atoms with Crippen LogP contribution in [0.1, 0.15) is 135 Å². The molecule has 1 aliphatic heterocycles. The number of ether oxygens (including phenoxy) is 3. The number of aromatic nitrogens is 2. The molecule has 4 unspecified atom stereocenters. The van der Waals surface area contributed by atoms with Crippen molar-refractivity contribution in [2.75, 3.05) is 26.3 Å². The number of hydrogen-bond acceptors (Lipinski definition) is 14. The van der Waals surface area contributed by atoms with E-state index in [1.54, 1.807) is 0 Å². The summed E-state index contributed by atoms with van der Waals surface area (Å²) in [6, 6.07) is -2.45. The van der Waals surface area contributed by atoms with E-state index in [9.17, 15) is 43.5 Å². The number of nitrogens with zero attached hydrogens (tertiary/aromatic N) is 1. The van der Waals surface area contributed by atoms with Crippen molar-refractivity contribution in [3.8, 4) is 0 Å². The second-order valence-corrected chi connectivity index (χ2v) is 16.3. The summed E-state index contributed by atoms with van der Waals surface area (Å²) in [5.41, 5.74) is 5.95. The second kappa shape index (κ2) is 30.5. The Kier molecular flexibility index (Phi) is 26.3. The number of unbranched alkanes of at least 4 members (excludes halogenated alkanes) is 14. The Hall–Kier alpha value is -4.56. The molecule has 10 N–H and O–H groups in total. The first-order valence-corrected chi connectivity index (χ1v) is 23.1. The monoisotopic (exact) mass is 902 g/mol. The van der Waals surface area contributed by atoms with E-state index in [0.29, 0.717) is 31.5 Å². The number of nitrogens with two attached hydrogens (primary N) is 1. The summed E-state index contributed by atoms with van der Waals surface area (Å²) in [5.74, 6) is -7.85. The van der Waals surface area contributed by atoms with Gasteiger partial charge in [-0.05, 0) is 32.2 Å². The molecule has 1 aromatic rings. The van der Waals surface area contributed by atoms with Crippen molar-refractivity contribution >= 4 is 43.5 Å². The summed E-state index contributed by atoms with van der Waals surface area (Å²) in [6.07, 6.45) is 16.0. The molecule has 0 spiro atoms. The molecule has 1 aromatic heterocycles. The van der Waals surface area contributed by atoms with Gasteiger partial charge >= 0.3 is 25.7 Å². The third-order valence-corrected chi connectivity index (χ3v) is 10.3. The standard InChI is InChI=1S/C40H67N6O15P/c1-2-3-4-5-6-7-8-9-10-11-12-13-14-17-22-58-31(36-35(50)37(40(54)60-36)61-62(55,56)57)26-59-34(49)20-19-32(47)43-25-33(48)45-30(23-28-24-42-27-44-28)38(51)46-29(39(52)53)18-15-16-21-41/h24,27,29-31,36,50H,2-23,25-26,41H2,1H3,(H,42,44)(H,43,47)(H,45,48)(H,46,51)(H,52,53)(H2,55,56,57). The highest BCUT2D eigenvalue weighted by molar-refractivity contribution is 7.46. The second-order valence-electron chi connectivity index (χ2n) is 15.2. The van der Waals surface area contributed by atoms with E-state index in [2.05, 4.69) is 37.4 Å². The lowest BCUT2D eigenvalue weighted by molar-refractivity contribution is -0.159. The minimum atomic E-state index is -5.25. The van der Waals surface area contributed by atoms with E-state index in [1.165, 1.54) is 70.3 Å². The number of nitrogens with one attached hydrogen (secondary N) is 4. The summed E-state index contributed by atoms with van der Waals surface area (Å²) < 4.78 is 31.8. The lowest BCUT2D eigenvalue weighted by Crippen LogP contribution is -2.54. The third kappa shape index (κ3) is 23.0. The Balaban J connectivity index is 1.85. The number of carboxylic acids is 1. The minimum absolute atomic E-state index is 0.0672. The van der Waals surface area contributed by atoms with E-state index in [4.69, 9.17) is 29.7 Å². The number of aromatic amines is 1. The third-order valence-electron chi connectivity index (χ3n) is 9.90. The highest BCUT2D eigenvalue weighted by Gasteiger charge is 2.44. The number of phosphoric acid groups is 1. The molecule has 0 fully saturated rings. The van der Waals surface area contributed by atoms with E-state index < -0.39 is 105 Å². The zero-order chi connectivity index (χ0) is 45.8. The number of H-pyrrole nitrogens is 1. The maximum atomic E-state index is 13.1. The van der Waals surface area contributed by atoms with Crippen molar-refractivity contribution in [2.45, 2.75) is 160 Å². The quantitative estimate of drug-likeness (QED) is 0.0265. The number of carbonyl (C=O) groups is 6. The van der Waals surface area contributed by atoms with Gasteiger partial charge < -0.3 is 55.6 Å². The maximum absolute atomic E-state index is 13.1. The number of rotatable bonds is 36. The normalized spacial score (nSPS) is 15.4.